The number of rotatable bonds is 6. The monoisotopic (exact) mass is 299 g/mol. The molecule has 0 radical (unpaired) electrons. The number of hydrogen-bond donors (Lipinski definition) is 2. The zero-order valence-electron chi connectivity index (χ0n) is 14.6. The number of carbonyl (C=O) groups is 1. The number of hydrogen-bond acceptors (Lipinski definition) is 4. The molecule has 1 aliphatic rings. The highest BCUT2D eigenvalue weighted by Gasteiger charge is 2.36. The number of nitrogens with one attached hydrogen (secondary N) is 1. The molecule has 1 heterocycles. The minimum absolute atomic E-state index is 0.217. The maximum absolute atomic E-state index is 11.5. The molecule has 0 aliphatic carbocycles. The van der Waals surface area contributed by atoms with Gasteiger partial charge in [0.05, 0.1) is 0 Å². The quantitative estimate of drug-likeness (QED) is 0.781. The second-order valence-corrected chi connectivity index (χ2v) is 7.41. The Hall–Kier alpha value is -0.650. The minimum atomic E-state index is -0.838. The Labute approximate surface area is 129 Å². The first kappa shape index (κ1) is 18.4. The molecule has 1 rings (SSSR count). The molecule has 1 saturated heterocycles. The topological polar surface area (TPSA) is 55.8 Å². The second-order valence-electron chi connectivity index (χ2n) is 7.41. The molecule has 0 aromatic heterocycles. The molecule has 0 spiro atoms. The third-order valence-electron chi connectivity index (χ3n) is 4.63. The van der Waals surface area contributed by atoms with E-state index < -0.39 is 11.5 Å². The molecular weight excluding hydrogens is 266 g/mol. The first-order valence-electron chi connectivity index (χ1n) is 8.07. The minimum Gasteiger partial charge on any atom is -0.480 e. The van der Waals surface area contributed by atoms with E-state index in [1.165, 1.54) is 0 Å². The molecule has 2 N–H and O–H groups in total. The summed E-state index contributed by atoms with van der Waals surface area (Å²) in [5.74, 6) is -0.760. The third kappa shape index (κ3) is 4.94. The molecule has 5 heteroatoms. The summed E-state index contributed by atoms with van der Waals surface area (Å²) < 4.78 is 0. The zero-order valence-corrected chi connectivity index (χ0v) is 14.6. The number of likely N-dealkylation sites (N-methyl/N-ethyl adjacent to an activating group) is 1. The predicted molar refractivity (Wildman–Crippen MR) is 86.7 cm³/mol. The molecule has 0 bridgehead atoms. The van der Waals surface area contributed by atoms with Crippen LogP contribution in [0.2, 0.25) is 0 Å². The number of carboxylic acids is 1. The molecular formula is C16H33N3O2. The summed E-state index contributed by atoms with van der Waals surface area (Å²) in [6.45, 7) is 17.4. The molecule has 0 aromatic rings. The highest BCUT2D eigenvalue weighted by molar-refractivity contribution is 5.78. The van der Waals surface area contributed by atoms with Gasteiger partial charge in [0, 0.05) is 37.8 Å². The third-order valence-corrected chi connectivity index (χ3v) is 4.63. The van der Waals surface area contributed by atoms with E-state index in [1.807, 2.05) is 6.92 Å². The summed E-state index contributed by atoms with van der Waals surface area (Å²) in [5.41, 5.74) is -0.621. The lowest BCUT2D eigenvalue weighted by Gasteiger charge is -2.45. The lowest BCUT2D eigenvalue weighted by atomic mass is 9.92. The van der Waals surface area contributed by atoms with Crippen LogP contribution in [0.15, 0.2) is 0 Å². The lowest BCUT2D eigenvalue weighted by molar-refractivity contribution is -0.145. The first-order chi connectivity index (χ1) is 9.60. The molecule has 1 fully saturated rings. The average Bonchev–Trinajstić information content (AvgIpc) is 2.37. The van der Waals surface area contributed by atoms with Crippen molar-refractivity contribution in [3.63, 3.8) is 0 Å². The van der Waals surface area contributed by atoms with E-state index in [2.05, 4.69) is 42.8 Å². The highest BCUT2D eigenvalue weighted by atomic mass is 16.4. The van der Waals surface area contributed by atoms with Crippen molar-refractivity contribution in [2.45, 2.75) is 65.1 Å². The molecule has 21 heavy (non-hydrogen) atoms. The molecule has 2 unspecified atom stereocenters. The Balaban J connectivity index is 2.57. The maximum Gasteiger partial charge on any atom is 0.323 e. The maximum atomic E-state index is 11.5. The van der Waals surface area contributed by atoms with Crippen LogP contribution in [-0.4, -0.2) is 70.7 Å². The first-order valence-corrected chi connectivity index (χ1v) is 8.07. The van der Waals surface area contributed by atoms with E-state index in [9.17, 15) is 9.90 Å². The fourth-order valence-electron chi connectivity index (χ4n) is 3.18. The predicted octanol–water partition coefficient (Wildman–Crippen LogP) is 1.63. The van der Waals surface area contributed by atoms with Gasteiger partial charge in [-0.15, -0.1) is 0 Å². The van der Waals surface area contributed by atoms with Crippen molar-refractivity contribution in [1.82, 2.24) is 15.1 Å². The van der Waals surface area contributed by atoms with Gasteiger partial charge in [0.2, 0.25) is 0 Å². The van der Waals surface area contributed by atoms with Crippen LogP contribution in [0.5, 0.6) is 0 Å². The molecule has 5 nitrogen and oxygen atoms in total. The Morgan fingerprint density at radius 3 is 2.10 bits per heavy atom. The van der Waals surface area contributed by atoms with E-state index >= 15 is 0 Å². The van der Waals surface area contributed by atoms with Gasteiger partial charge < -0.3 is 10.4 Å². The summed E-state index contributed by atoms with van der Waals surface area (Å²) in [5, 5.41) is 12.6. The van der Waals surface area contributed by atoms with Gasteiger partial charge in [0.1, 0.15) is 5.54 Å². The van der Waals surface area contributed by atoms with Crippen molar-refractivity contribution in [3.05, 3.63) is 0 Å². The Kier molecular flexibility index (Phi) is 6.20. The lowest BCUT2D eigenvalue weighted by Crippen LogP contribution is -2.58. The van der Waals surface area contributed by atoms with Crippen LogP contribution in [0.4, 0.5) is 0 Å². The fourth-order valence-corrected chi connectivity index (χ4v) is 3.18. The number of piperazine rings is 1. The van der Waals surface area contributed by atoms with Gasteiger partial charge >= 0.3 is 5.97 Å². The van der Waals surface area contributed by atoms with E-state index in [4.69, 9.17) is 0 Å². The van der Waals surface area contributed by atoms with Crippen molar-refractivity contribution in [3.8, 4) is 0 Å². The summed E-state index contributed by atoms with van der Waals surface area (Å²) >= 11 is 0. The van der Waals surface area contributed by atoms with Gasteiger partial charge in [-0.25, -0.2) is 0 Å². The van der Waals surface area contributed by atoms with Crippen LogP contribution in [0.25, 0.3) is 0 Å². The van der Waals surface area contributed by atoms with Crippen LogP contribution >= 0.6 is 0 Å². The van der Waals surface area contributed by atoms with Crippen LogP contribution in [0.1, 0.15) is 48.0 Å². The largest absolute Gasteiger partial charge is 0.480 e. The molecule has 124 valence electrons. The molecule has 0 aromatic carbocycles. The standard InChI is InChI=1S/C16H33N3O2/c1-7-17-16(6,14(20)21)12-13(2)18-8-10-19(11-9-18)15(3,4)5/h13,17H,7-12H2,1-6H3,(H,20,21). The molecule has 0 saturated carbocycles. The van der Waals surface area contributed by atoms with Crippen LogP contribution < -0.4 is 5.32 Å². The van der Waals surface area contributed by atoms with E-state index in [0.717, 1.165) is 26.2 Å². The fraction of sp³-hybridized carbons (Fsp3) is 0.938. The Morgan fingerprint density at radius 2 is 1.71 bits per heavy atom. The van der Waals surface area contributed by atoms with Gasteiger partial charge in [0.15, 0.2) is 0 Å². The van der Waals surface area contributed by atoms with Gasteiger partial charge in [-0.05, 0) is 47.6 Å². The highest BCUT2D eigenvalue weighted by Crippen LogP contribution is 2.21. The van der Waals surface area contributed by atoms with Gasteiger partial charge in [0.25, 0.3) is 0 Å². The van der Waals surface area contributed by atoms with E-state index in [-0.39, 0.29) is 11.6 Å². The van der Waals surface area contributed by atoms with Crippen LogP contribution in [0, 0.1) is 0 Å². The molecule has 1 aliphatic heterocycles. The summed E-state index contributed by atoms with van der Waals surface area (Å²) in [7, 11) is 0. The van der Waals surface area contributed by atoms with Gasteiger partial charge in [-0.1, -0.05) is 6.92 Å². The van der Waals surface area contributed by atoms with Gasteiger partial charge in [-0.3, -0.25) is 14.6 Å². The zero-order chi connectivity index (χ0) is 16.3. The summed E-state index contributed by atoms with van der Waals surface area (Å²) in [6.07, 6.45) is 0.631. The molecule has 0 amide bonds. The number of carboxylic acid groups (broad SMARTS) is 1. The van der Waals surface area contributed by atoms with Crippen LogP contribution in [-0.2, 0) is 4.79 Å². The molecule has 2 atom stereocenters. The number of nitrogens with zero attached hydrogens (tertiary/aromatic N) is 2. The second kappa shape index (κ2) is 7.07. The summed E-state index contributed by atoms with van der Waals surface area (Å²) in [4.78, 5) is 16.4. The Morgan fingerprint density at radius 1 is 1.19 bits per heavy atom. The Bertz CT molecular complexity index is 346. The van der Waals surface area contributed by atoms with Crippen molar-refractivity contribution in [2.24, 2.45) is 0 Å². The van der Waals surface area contributed by atoms with E-state index in [1.54, 1.807) is 6.92 Å². The number of aliphatic carboxylic acids is 1. The van der Waals surface area contributed by atoms with Crippen molar-refractivity contribution in [1.29, 1.82) is 0 Å². The van der Waals surface area contributed by atoms with Crippen molar-refractivity contribution < 1.29 is 9.90 Å². The van der Waals surface area contributed by atoms with E-state index in [0.29, 0.717) is 13.0 Å². The van der Waals surface area contributed by atoms with Crippen molar-refractivity contribution >= 4 is 5.97 Å². The average molecular weight is 299 g/mol. The van der Waals surface area contributed by atoms with Crippen molar-refractivity contribution in [2.75, 3.05) is 32.7 Å². The summed E-state index contributed by atoms with van der Waals surface area (Å²) in [6, 6.07) is 0.271. The van der Waals surface area contributed by atoms with Crippen LogP contribution in [0.3, 0.4) is 0 Å². The SMILES string of the molecule is CCNC(C)(CC(C)N1CCN(C(C)(C)C)CC1)C(=O)O. The smallest absolute Gasteiger partial charge is 0.323 e. The normalized spacial score (nSPS) is 22.8. The van der Waals surface area contributed by atoms with Gasteiger partial charge in [-0.2, -0.15) is 0 Å².